The molecule has 0 bridgehead atoms. The second-order valence-corrected chi connectivity index (χ2v) is 7.49. The number of anilines is 1. The minimum absolute atomic E-state index is 0.171. The Kier molecular flexibility index (Phi) is 4.43. The zero-order chi connectivity index (χ0) is 20.7. The third-order valence-electron chi connectivity index (χ3n) is 4.62. The molecule has 30 heavy (non-hydrogen) atoms. The number of benzene rings is 1. The number of aryl methyl sites for hydroxylation is 1. The highest BCUT2D eigenvalue weighted by atomic mass is 32.1. The quantitative estimate of drug-likeness (QED) is 0.530. The number of amides is 1. The summed E-state index contributed by atoms with van der Waals surface area (Å²) in [6.07, 6.45) is 2.79. The van der Waals surface area contributed by atoms with Gasteiger partial charge in [0.2, 0.25) is 5.91 Å². The molecule has 152 valence electrons. The van der Waals surface area contributed by atoms with Crippen molar-refractivity contribution in [3.05, 3.63) is 46.5 Å². The number of hydrogen-bond acceptors (Lipinski definition) is 8. The van der Waals surface area contributed by atoms with E-state index in [9.17, 15) is 9.59 Å². The zero-order valence-electron chi connectivity index (χ0n) is 15.9. The van der Waals surface area contributed by atoms with Crippen molar-refractivity contribution in [1.82, 2.24) is 24.3 Å². The van der Waals surface area contributed by atoms with E-state index in [4.69, 9.17) is 9.47 Å². The number of rotatable bonds is 4. The molecule has 0 spiro atoms. The van der Waals surface area contributed by atoms with Gasteiger partial charge in [0, 0.05) is 18.0 Å². The summed E-state index contributed by atoms with van der Waals surface area (Å²) < 4.78 is 13.9. The van der Waals surface area contributed by atoms with Crippen LogP contribution in [-0.2, 0) is 18.4 Å². The van der Waals surface area contributed by atoms with Crippen molar-refractivity contribution in [2.45, 2.75) is 6.54 Å². The van der Waals surface area contributed by atoms with Gasteiger partial charge in [0.1, 0.15) is 31.5 Å². The third kappa shape index (κ3) is 3.28. The number of ether oxygens (including phenoxy) is 2. The van der Waals surface area contributed by atoms with Gasteiger partial charge in [0.05, 0.1) is 11.9 Å². The summed E-state index contributed by atoms with van der Waals surface area (Å²) in [6.45, 7) is 0.870. The molecule has 5 rings (SSSR count). The highest BCUT2D eigenvalue weighted by Crippen LogP contribution is 2.35. The zero-order valence-corrected chi connectivity index (χ0v) is 16.7. The van der Waals surface area contributed by atoms with E-state index in [-0.39, 0.29) is 18.0 Å². The van der Waals surface area contributed by atoms with Crippen LogP contribution in [0.3, 0.4) is 0 Å². The first-order chi connectivity index (χ1) is 14.6. The van der Waals surface area contributed by atoms with Crippen molar-refractivity contribution in [3.8, 4) is 22.8 Å². The number of nitrogens with zero attached hydrogens (tertiary/aromatic N) is 5. The van der Waals surface area contributed by atoms with E-state index in [1.165, 1.54) is 33.1 Å². The predicted molar refractivity (Wildman–Crippen MR) is 110 cm³/mol. The lowest BCUT2D eigenvalue weighted by atomic mass is 10.1. The Labute approximate surface area is 173 Å². The maximum absolute atomic E-state index is 12.5. The topological polar surface area (TPSA) is 113 Å². The van der Waals surface area contributed by atoms with Gasteiger partial charge in [0.15, 0.2) is 22.3 Å². The molecule has 0 saturated carbocycles. The molecule has 0 saturated heterocycles. The lowest BCUT2D eigenvalue weighted by Crippen LogP contribution is -2.27. The van der Waals surface area contributed by atoms with E-state index < -0.39 is 0 Å². The van der Waals surface area contributed by atoms with E-state index >= 15 is 0 Å². The van der Waals surface area contributed by atoms with Crippen LogP contribution in [0.1, 0.15) is 0 Å². The van der Waals surface area contributed by atoms with Crippen LogP contribution in [-0.4, -0.2) is 43.4 Å². The summed E-state index contributed by atoms with van der Waals surface area (Å²) in [5.41, 5.74) is 1.72. The van der Waals surface area contributed by atoms with Gasteiger partial charge in [-0.25, -0.2) is 9.97 Å². The normalized spacial score (nSPS) is 12.8. The molecular weight excluding hydrogens is 408 g/mol. The molecule has 4 aromatic rings. The average Bonchev–Trinajstić information content (AvgIpc) is 3.37. The van der Waals surface area contributed by atoms with Crippen LogP contribution in [0.4, 0.5) is 5.13 Å². The fraction of sp³-hybridized carbons (Fsp3) is 0.211. The molecule has 0 atom stereocenters. The highest BCUT2D eigenvalue weighted by molar-refractivity contribution is 7.14. The van der Waals surface area contributed by atoms with Crippen LogP contribution in [0, 0.1) is 0 Å². The molecule has 1 amide bonds. The first-order valence-corrected chi connectivity index (χ1v) is 9.99. The lowest BCUT2D eigenvalue weighted by molar-refractivity contribution is -0.116. The summed E-state index contributed by atoms with van der Waals surface area (Å²) in [7, 11) is 1.70. The Morgan fingerprint density at radius 2 is 2.10 bits per heavy atom. The van der Waals surface area contributed by atoms with Crippen LogP contribution < -0.4 is 20.3 Å². The predicted octanol–water partition coefficient (Wildman–Crippen LogP) is 1.66. The van der Waals surface area contributed by atoms with Crippen molar-refractivity contribution in [1.29, 1.82) is 0 Å². The standard InChI is InChI=1S/C19H16N6O4S/c1-24-17-12(7-21-24)18(27)25(10-20-17)8-16(26)23-19-22-13(9-30-19)11-2-3-14-15(6-11)29-5-4-28-14/h2-3,6-7,9-10H,4-5,8H2,1H3,(H,22,23,26). The van der Waals surface area contributed by atoms with Gasteiger partial charge in [-0.05, 0) is 18.2 Å². The molecule has 11 heteroatoms. The van der Waals surface area contributed by atoms with E-state index in [1.54, 1.807) is 7.05 Å². The van der Waals surface area contributed by atoms with E-state index in [1.807, 2.05) is 23.6 Å². The Bertz CT molecular complexity index is 1320. The van der Waals surface area contributed by atoms with Gasteiger partial charge < -0.3 is 14.8 Å². The van der Waals surface area contributed by atoms with Gasteiger partial charge in [-0.1, -0.05) is 0 Å². The van der Waals surface area contributed by atoms with Crippen LogP contribution in [0.5, 0.6) is 11.5 Å². The third-order valence-corrected chi connectivity index (χ3v) is 5.38. The molecule has 0 radical (unpaired) electrons. The molecular formula is C19H16N6O4S. The molecule has 10 nitrogen and oxygen atoms in total. The van der Waals surface area contributed by atoms with Gasteiger partial charge in [-0.15, -0.1) is 11.3 Å². The van der Waals surface area contributed by atoms with E-state index in [0.29, 0.717) is 46.6 Å². The summed E-state index contributed by atoms with van der Waals surface area (Å²) >= 11 is 1.30. The van der Waals surface area contributed by atoms with Crippen molar-refractivity contribution >= 4 is 33.4 Å². The second kappa shape index (κ2) is 7.26. The number of carbonyl (C=O) groups is 1. The second-order valence-electron chi connectivity index (χ2n) is 6.63. The van der Waals surface area contributed by atoms with Crippen molar-refractivity contribution in [2.24, 2.45) is 7.05 Å². The molecule has 1 N–H and O–H groups in total. The number of nitrogens with one attached hydrogen (secondary N) is 1. The van der Waals surface area contributed by atoms with Crippen molar-refractivity contribution < 1.29 is 14.3 Å². The van der Waals surface area contributed by atoms with E-state index in [0.717, 1.165) is 5.56 Å². The fourth-order valence-corrected chi connectivity index (χ4v) is 3.89. The molecule has 4 heterocycles. The van der Waals surface area contributed by atoms with Crippen LogP contribution >= 0.6 is 11.3 Å². The van der Waals surface area contributed by atoms with E-state index in [2.05, 4.69) is 20.4 Å². The summed E-state index contributed by atoms with van der Waals surface area (Å²) in [6, 6.07) is 5.60. The number of fused-ring (bicyclic) bond motifs is 2. The Morgan fingerprint density at radius 3 is 2.97 bits per heavy atom. The molecule has 1 aliphatic rings. The smallest absolute Gasteiger partial charge is 0.264 e. The first-order valence-electron chi connectivity index (χ1n) is 9.11. The number of aromatic nitrogens is 5. The number of hydrogen-bond donors (Lipinski definition) is 1. The summed E-state index contributed by atoms with van der Waals surface area (Å²) in [4.78, 5) is 33.6. The van der Waals surface area contributed by atoms with Crippen LogP contribution in [0.15, 0.2) is 40.9 Å². The SMILES string of the molecule is Cn1ncc2c(=O)n(CC(=O)Nc3nc(-c4ccc5c(c4)OCCO5)cs3)cnc21. The molecule has 1 aromatic carbocycles. The highest BCUT2D eigenvalue weighted by Gasteiger charge is 2.15. The van der Waals surface area contributed by atoms with Crippen molar-refractivity contribution in [3.63, 3.8) is 0 Å². The van der Waals surface area contributed by atoms with Gasteiger partial charge in [-0.3, -0.25) is 18.8 Å². The Hall–Kier alpha value is -3.73. The minimum Gasteiger partial charge on any atom is -0.486 e. The average molecular weight is 424 g/mol. The minimum atomic E-state index is -0.370. The van der Waals surface area contributed by atoms with Crippen molar-refractivity contribution in [2.75, 3.05) is 18.5 Å². The molecule has 1 aliphatic heterocycles. The Morgan fingerprint density at radius 1 is 1.27 bits per heavy atom. The Balaban J connectivity index is 1.31. The van der Waals surface area contributed by atoms with Gasteiger partial charge in [0.25, 0.3) is 5.56 Å². The maximum Gasteiger partial charge on any atom is 0.264 e. The first kappa shape index (κ1) is 18.3. The van der Waals surface area contributed by atoms with Gasteiger partial charge >= 0.3 is 0 Å². The fourth-order valence-electron chi connectivity index (χ4n) is 3.16. The molecule has 0 fully saturated rings. The largest absolute Gasteiger partial charge is 0.486 e. The summed E-state index contributed by atoms with van der Waals surface area (Å²) in [5.74, 6) is 1.01. The summed E-state index contributed by atoms with van der Waals surface area (Å²) in [5, 5.41) is 9.39. The number of carbonyl (C=O) groups excluding carboxylic acids is 1. The number of thiazole rings is 1. The molecule has 0 aliphatic carbocycles. The lowest BCUT2D eigenvalue weighted by Gasteiger charge is -2.18. The van der Waals surface area contributed by atoms with Gasteiger partial charge in [-0.2, -0.15) is 5.10 Å². The monoisotopic (exact) mass is 424 g/mol. The maximum atomic E-state index is 12.5. The molecule has 3 aromatic heterocycles. The van der Waals surface area contributed by atoms with Crippen LogP contribution in [0.25, 0.3) is 22.3 Å². The molecule has 0 unspecified atom stereocenters. The van der Waals surface area contributed by atoms with Crippen LogP contribution in [0.2, 0.25) is 0 Å².